The Hall–Kier alpha value is -3.01. The molecule has 0 amide bonds. The zero-order chi connectivity index (χ0) is 18.9. The summed E-state index contributed by atoms with van der Waals surface area (Å²) < 4.78 is 53.9. The van der Waals surface area contributed by atoms with Gasteiger partial charge in [0.15, 0.2) is 0 Å². The molecule has 3 rings (SSSR count). The first-order valence-electron chi connectivity index (χ1n) is 7.49. The first-order valence-corrected chi connectivity index (χ1v) is 8.97. The van der Waals surface area contributed by atoms with E-state index in [1.165, 1.54) is 24.4 Å². The van der Waals surface area contributed by atoms with E-state index in [9.17, 15) is 17.2 Å². The summed E-state index contributed by atoms with van der Waals surface area (Å²) in [5.74, 6) is -1.17. The van der Waals surface area contributed by atoms with Crippen LogP contribution >= 0.6 is 0 Å². The molecule has 0 radical (unpaired) electrons. The molecule has 3 aromatic rings. The highest BCUT2D eigenvalue weighted by molar-refractivity contribution is 7.92. The summed E-state index contributed by atoms with van der Waals surface area (Å²) in [6, 6.07) is 6.05. The molecule has 0 aliphatic rings. The van der Waals surface area contributed by atoms with Crippen molar-refractivity contribution in [2.45, 2.75) is 18.7 Å². The molecular weight excluding hydrogens is 364 g/mol. The first-order chi connectivity index (χ1) is 12.3. The van der Waals surface area contributed by atoms with Crippen LogP contribution in [0.15, 0.2) is 41.4 Å². The summed E-state index contributed by atoms with van der Waals surface area (Å²) in [7, 11) is -3.82. The second kappa shape index (κ2) is 6.71. The van der Waals surface area contributed by atoms with Crippen molar-refractivity contribution in [2.24, 2.45) is 0 Å². The van der Waals surface area contributed by atoms with Crippen LogP contribution in [0, 0.1) is 25.5 Å². The van der Waals surface area contributed by atoms with Gasteiger partial charge in [-0.1, -0.05) is 0 Å². The van der Waals surface area contributed by atoms with Crippen LogP contribution in [0.5, 0.6) is 0 Å². The van der Waals surface area contributed by atoms with Crippen molar-refractivity contribution in [1.82, 2.24) is 15.2 Å². The average molecular weight is 379 g/mol. The number of aromatic amines is 1. The Labute approximate surface area is 148 Å². The predicted molar refractivity (Wildman–Crippen MR) is 92.7 cm³/mol. The highest BCUT2D eigenvalue weighted by Crippen LogP contribution is 2.23. The molecule has 0 atom stereocenters. The fourth-order valence-electron chi connectivity index (χ4n) is 2.40. The highest BCUT2D eigenvalue weighted by Gasteiger charge is 2.22. The standard InChI is InChI=1S/C16H15F2N5O2S/c1-9-16(10(2)22-21-9)26(24,25)23-12-4-6-15(19-8-12)20-14-5-3-11(17)7-13(14)18/h3-8,23H,1-2H3,(H,19,20)(H,21,22). The number of nitrogens with zero attached hydrogens (tertiary/aromatic N) is 2. The maximum atomic E-state index is 13.6. The number of aryl methyl sites for hydroxylation is 2. The Morgan fingerprint density at radius 1 is 1.12 bits per heavy atom. The molecule has 1 aromatic carbocycles. The normalized spacial score (nSPS) is 11.4. The van der Waals surface area contributed by atoms with Crippen molar-refractivity contribution < 1.29 is 17.2 Å². The van der Waals surface area contributed by atoms with Crippen molar-refractivity contribution in [3.63, 3.8) is 0 Å². The van der Waals surface area contributed by atoms with Gasteiger partial charge < -0.3 is 5.32 Å². The lowest BCUT2D eigenvalue weighted by Gasteiger charge is -2.10. The van der Waals surface area contributed by atoms with E-state index in [1.54, 1.807) is 13.8 Å². The fourth-order valence-corrected chi connectivity index (χ4v) is 3.82. The summed E-state index contributed by atoms with van der Waals surface area (Å²) in [6.45, 7) is 3.19. The maximum Gasteiger partial charge on any atom is 0.265 e. The van der Waals surface area contributed by atoms with Gasteiger partial charge in [0, 0.05) is 6.07 Å². The van der Waals surface area contributed by atoms with Crippen molar-refractivity contribution >= 4 is 27.2 Å². The summed E-state index contributed by atoms with van der Waals surface area (Å²) in [5, 5.41) is 9.18. The number of sulfonamides is 1. The second-order valence-corrected chi connectivity index (χ2v) is 7.17. The van der Waals surface area contributed by atoms with Crippen LogP contribution in [0.1, 0.15) is 11.4 Å². The lowest BCUT2D eigenvalue weighted by Crippen LogP contribution is -2.14. The third kappa shape index (κ3) is 3.64. The molecule has 0 saturated heterocycles. The van der Waals surface area contributed by atoms with Crippen molar-refractivity contribution in [3.8, 4) is 0 Å². The molecule has 7 nitrogen and oxygen atoms in total. The van der Waals surface area contributed by atoms with Crippen LogP contribution < -0.4 is 10.0 Å². The Balaban J connectivity index is 1.77. The molecule has 0 unspecified atom stereocenters. The molecule has 26 heavy (non-hydrogen) atoms. The van der Waals surface area contributed by atoms with Gasteiger partial charge in [0.25, 0.3) is 10.0 Å². The van der Waals surface area contributed by atoms with Crippen LogP contribution in [0.3, 0.4) is 0 Å². The predicted octanol–water partition coefficient (Wildman–Crippen LogP) is 3.24. The van der Waals surface area contributed by atoms with E-state index in [0.717, 1.165) is 12.1 Å². The Kier molecular flexibility index (Phi) is 4.60. The third-order valence-corrected chi connectivity index (χ3v) is 5.18. The SMILES string of the molecule is Cc1n[nH]c(C)c1S(=O)(=O)Nc1ccc(Nc2ccc(F)cc2F)nc1. The van der Waals surface area contributed by atoms with Gasteiger partial charge in [0.1, 0.15) is 22.3 Å². The van der Waals surface area contributed by atoms with Crippen LogP contribution in [-0.4, -0.2) is 23.6 Å². The van der Waals surface area contributed by atoms with Gasteiger partial charge in [-0.2, -0.15) is 5.10 Å². The number of hydrogen-bond donors (Lipinski definition) is 3. The number of anilines is 3. The number of rotatable bonds is 5. The fraction of sp³-hybridized carbons (Fsp3) is 0.125. The molecule has 3 N–H and O–H groups in total. The molecule has 0 fully saturated rings. The lowest BCUT2D eigenvalue weighted by atomic mass is 10.3. The van der Waals surface area contributed by atoms with Crippen LogP contribution in [0.25, 0.3) is 0 Å². The molecule has 0 bridgehead atoms. The summed E-state index contributed by atoms with van der Waals surface area (Å²) in [4.78, 5) is 4.10. The van der Waals surface area contributed by atoms with Crippen molar-refractivity contribution in [2.75, 3.05) is 10.0 Å². The lowest BCUT2D eigenvalue weighted by molar-refractivity contribution is 0.586. The largest absolute Gasteiger partial charge is 0.338 e. The van der Waals surface area contributed by atoms with Crippen molar-refractivity contribution in [3.05, 3.63) is 59.6 Å². The average Bonchev–Trinajstić information content (AvgIpc) is 2.91. The van der Waals surface area contributed by atoms with Gasteiger partial charge in [-0.05, 0) is 38.1 Å². The quantitative estimate of drug-likeness (QED) is 0.632. The second-order valence-electron chi connectivity index (χ2n) is 5.55. The van der Waals surface area contributed by atoms with E-state index >= 15 is 0 Å². The summed E-state index contributed by atoms with van der Waals surface area (Å²) >= 11 is 0. The Bertz CT molecular complexity index is 1030. The van der Waals surface area contributed by atoms with E-state index in [-0.39, 0.29) is 22.1 Å². The number of H-pyrrole nitrogens is 1. The molecule has 10 heteroatoms. The monoisotopic (exact) mass is 379 g/mol. The van der Waals surface area contributed by atoms with E-state index in [1.807, 2.05) is 0 Å². The van der Waals surface area contributed by atoms with Gasteiger partial charge >= 0.3 is 0 Å². The van der Waals surface area contributed by atoms with Gasteiger partial charge in [-0.3, -0.25) is 9.82 Å². The van der Waals surface area contributed by atoms with Crippen molar-refractivity contribution in [1.29, 1.82) is 0 Å². The Morgan fingerprint density at radius 3 is 2.46 bits per heavy atom. The van der Waals surface area contributed by atoms with E-state index in [0.29, 0.717) is 11.4 Å². The minimum Gasteiger partial charge on any atom is -0.338 e. The first kappa shape index (κ1) is 17.8. The molecule has 0 aliphatic heterocycles. The summed E-state index contributed by atoms with van der Waals surface area (Å²) in [5.41, 5.74) is 1.06. The number of benzene rings is 1. The van der Waals surface area contributed by atoms with Gasteiger partial charge in [0.2, 0.25) is 0 Å². The molecule has 0 aliphatic carbocycles. The van der Waals surface area contributed by atoms with Gasteiger partial charge in [-0.25, -0.2) is 22.2 Å². The number of aromatic nitrogens is 3. The smallest absolute Gasteiger partial charge is 0.265 e. The maximum absolute atomic E-state index is 13.6. The zero-order valence-electron chi connectivity index (χ0n) is 13.8. The van der Waals surface area contributed by atoms with Crippen LogP contribution in [-0.2, 0) is 10.0 Å². The number of nitrogens with one attached hydrogen (secondary N) is 3. The zero-order valence-corrected chi connectivity index (χ0v) is 14.7. The van der Waals surface area contributed by atoms with Gasteiger partial charge in [0.05, 0.1) is 29.0 Å². The molecule has 0 spiro atoms. The molecule has 0 saturated carbocycles. The van der Waals surface area contributed by atoms with E-state index < -0.39 is 21.7 Å². The van der Waals surface area contributed by atoms with E-state index in [2.05, 4.69) is 25.2 Å². The minimum atomic E-state index is -3.82. The van der Waals surface area contributed by atoms with E-state index in [4.69, 9.17) is 0 Å². The number of halogens is 2. The van der Waals surface area contributed by atoms with Crippen LogP contribution in [0.2, 0.25) is 0 Å². The third-order valence-electron chi connectivity index (χ3n) is 3.54. The highest BCUT2D eigenvalue weighted by atomic mass is 32.2. The minimum absolute atomic E-state index is 0.0527. The number of hydrogen-bond acceptors (Lipinski definition) is 5. The Morgan fingerprint density at radius 2 is 1.88 bits per heavy atom. The number of pyridine rings is 1. The molecular formula is C16H15F2N5O2S. The topological polar surface area (TPSA) is 99.8 Å². The molecule has 2 aromatic heterocycles. The van der Waals surface area contributed by atoms with Crippen LogP contribution in [0.4, 0.5) is 26.0 Å². The molecule has 2 heterocycles. The molecule has 136 valence electrons. The van der Waals surface area contributed by atoms with Gasteiger partial charge in [-0.15, -0.1) is 0 Å². The summed E-state index contributed by atoms with van der Waals surface area (Å²) in [6.07, 6.45) is 1.28.